The summed E-state index contributed by atoms with van der Waals surface area (Å²) < 4.78 is 18.7. The van der Waals surface area contributed by atoms with Gasteiger partial charge in [-0.15, -0.1) is 0 Å². The lowest BCUT2D eigenvalue weighted by molar-refractivity contribution is -0.386. The highest BCUT2D eigenvalue weighted by Crippen LogP contribution is 2.28. The monoisotopic (exact) mass is 360 g/mol. The quantitative estimate of drug-likeness (QED) is 0.573. The highest BCUT2D eigenvalue weighted by Gasteiger charge is 2.22. The Labute approximate surface area is 151 Å². The fourth-order valence-corrected chi connectivity index (χ4v) is 2.57. The normalized spacial score (nSPS) is 12.9. The number of benzene rings is 2. The molecule has 0 bridgehead atoms. The number of rotatable bonds is 8. The fraction of sp³-hybridized carbons (Fsp3) is 0.316. The van der Waals surface area contributed by atoms with E-state index in [-0.39, 0.29) is 17.4 Å². The molecule has 2 rings (SSSR count). The van der Waals surface area contributed by atoms with Gasteiger partial charge < -0.3 is 10.1 Å². The third-order valence-corrected chi connectivity index (χ3v) is 4.08. The molecule has 0 aliphatic carbocycles. The maximum Gasteiger partial charge on any atom is 0.311 e. The zero-order valence-corrected chi connectivity index (χ0v) is 14.6. The second-order valence-electron chi connectivity index (χ2n) is 5.89. The van der Waals surface area contributed by atoms with Crippen molar-refractivity contribution >= 4 is 11.6 Å². The number of ether oxygens (including phenoxy) is 1. The average molecular weight is 360 g/mol. The zero-order chi connectivity index (χ0) is 19.1. The van der Waals surface area contributed by atoms with E-state index in [4.69, 9.17) is 4.74 Å². The number of carbonyl (C=O) groups is 1. The summed E-state index contributed by atoms with van der Waals surface area (Å²) in [5.74, 6) is -1.21. The lowest BCUT2D eigenvalue weighted by Gasteiger charge is -2.19. The van der Waals surface area contributed by atoms with Crippen molar-refractivity contribution in [2.75, 3.05) is 6.54 Å². The Balaban J connectivity index is 2.00. The summed E-state index contributed by atoms with van der Waals surface area (Å²) >= 11 is 0. The zero-order valence-electron chi connectivity index (χ0n) is 14.6. The van der Waals surface area contributed by atoms with Crippen LogP contribution in [0.2, 0.25) is 0 Å². The smallest absolute Gasteiger partial charge is 0.311 e. The Morgan fingerprint density at radius 1 is 1.27 bits per heavy atom. The van der Waals surface area contributed by atoms with Crippen LogP contribution >= 0.6 is 0 Å². The molecule has 0 aliphatic heterocycles. The van der Waals surface area contributed by atoms with E-state index >= 15 is 0 Å². The topological polar surface area (TPSA) is 81.5 Å². The van der Waals surface area contributed by atoms with Crippen molar-refractivity contribution in [1.82, 2.24) is 5.32 Å². The number of hydrogen-bond acceptors (Lipinski definition) is 4. The summed E-state index contributed by atoms with van der Waals surface area (Å²) in [6, 6.07) is 12.7. The van der Waals surface area contributed by atoms with Crippen LogP contribution in [0, 0.1) is 15.9 Å². The van der Waals surface area contributed by atoms with E-state index in [0.717, 1.165) is 30.2 Å². The van der Waals surface area contributed by atoms with Crippen molar-refractivity contribution in [3.05, 3.63) is 70.0 Å². The van der Waals surface area contributed by atoms with Gasteiger partial charge in [0.2, 0.25) is 5.75 Å². The second-order valence-corrected chi connectivity index (χ2v) is 5.89. The molecule has 138 valence electrons. The minimum absolute atomic E-state index is 0.149. The first-order valence-electron chi connectivity index (χ1n) is 8.35. The maximum absolute atomic E-state index is 13.3. The molecule has 0 fully saturated rings. The van der Waals surface area contributed by atoms with Gasteiger partial charge in [-0.25, -0.2) is 4.39 Å². The molecule has 2 aromatic rings. The van der Waals surface area contributed by atoms with Crippen LogP contribution in [-0.2, 0) is 4.79 Å². The van der Waals surface area contributed by atoms with Gasteiger partial charge in [0.15, 0.2) is 6.10 Å². The average Bonchev–Trinajstić information content (AvgIpc) is 2.62. The Kier molecular flexibility index (Phi) is 6.66. The molecule has 0 aliphatic rings. The molecule has 0 heterocycles. The van der Waals surface area contributed by atoms with Crippen LogP contribution < -0.4 is 10.1 Å². The number of nitro benzene ring substituents is 1. The predicted molar refractivity (Wildman–Crippen MR) is 95.6 cm³/mol. The first kappa shape index (κ1) is 19.4. The van der Waals surface area contributed by atoms with E-state index in [1.807, 2.05) is 37.3 Å². The van der Waals surface area contributed by atoms with Gasteiger partial charge in [-0.2, -0.15) is 0 Å². The van der Waals surface area contributed by atoms with Gasteiger partial charge in [0.1, 0.15) is 5.82 Å². The van der Waals surface area contributed by atoms with Gasteiger partial charge in [-0.3, -0.25) is 14.9 Å². The van der Waals surface area contributed by atoms with Crippen LogP contribution in [0.1, 0.15) is 31.7 Å². The molecule has 0 spiro atoms. The molecule has 7 heteroatoms. The predicted octanol–water partition coefficient (Wildman–Crippen LogP) is 3.81. The van der Waals surface area contributed by atoms with Crippen LogP contribution in [-0.4, -0.2) is 23.5 Å². The second kappa shape index (κ2) is 8.94. The van der Waals surface area contributed by atoms with Crippen LogP contribution in [0.3, 0.4) is 0 Å². The van der Waals surface area contributed by atoms with Crippen molar-refractivity contribution in [2.24, 2.45) is 0 Å². The van der Waals surface area contributed by atoms with Gasteiger partial charge in [-0.1, -0.05) is 37.3 Å². The van der Waals surface area contributed by atoms with E-state index < -0.39 is 22.8 Å². The number of halogens is 1. The van der Waals surface area contributed by atoms with Crippen molar-refractivity contribution in [1.29, 1.82) is 0 Å². The van der Waals surface area contributed by atoms with Gasteiger partial charge in [0.25, 0.3) is 5.91 Å². The van der Waals surface area contributed by atoms with E-state index in [1.165, 1.54) is 6.92 Å². The van der Waals surface area contributed by atoms with E-state index in [0.29, 0.717) is 6.54 Å². The lowest BCUT2D eigenvalue weighted by Crippen LogP contribution is -2.38. The highest BCUT2D eigenvalue weighted by molar-refractivity contribution is 5.80. The minimum atomic E-state index is -0.997. The van der Waals surface area contributed by atoms with E-state index in [2.05, 4.69) is 5.32 Å². The molecule has 0 saturated heterocycles. The first-order chi connectivity index (χ1) is 12.4. The molecule has 1 N–H and O–H groups in total. The number of nitro groups is 1. The van der Waals surface area contributed by atoms with Crippen molar-refractivity contribution in [2.45, 2.75) is 32.3 Å². The summed E-state index contributed by atoms with van der Waals surface area (Å²) in [6.45, 7) is 3.91. The first-order valence-corrected chi connectivity index (χ1v) is 8.35. The summed E-state index contributed by atoms with van der Waals surface area (Å²) in [5.41, 5.74) is 0.728. The van der Waals surface area contributed by atoms with Crippen LogP contribution in [0.5, 0.6) is 5.75 Å². The molecule has 2 atom stereocenters. The molecule has 6 nitrogen and oxygen atoms in total. The molecule has 1 amide bonds. The Morgan fingerprint density at radius 3 is 2.58 bits per heavy atom. The Hall–Kier alpha value is -2.96. The molecule has 0 aromatic heterocycles. The van der Waals surface area contributed by atoms with Crippen LogP contribution in [0.25, 0.3) is 0 Å². The van der Waals surface area contributed by atoms with Crippen molar-refractivity contribution in [3.63, 3.8) is 0 Å². The third-order valence-electron chi connectivity index (χ3n) is 4.08. The van der Waals surface area contributed by atoms with Gasteiger partial charge in [0, 0.05) is 24.6 Å². The Morgan fingerprint density at radius 2 is 1.96 bits per heavy atom. The SMILES string of the molecule is CC[C@@H](CNC(=O)[C@H](C)Oc1cc(F)ccc1[N+](=O)[O-])c1ccccc1. The Bertz CT molecular complexity index is 767. The molecular formula is C19H21FN2O4. The van der Waals surface area contributed by atoms with Crippen LogP contribution in [0.4, 0.5) is 10.1 Å². The summed E-state index contributed by atoms with van der Waals surface area (Å²) in [5, 5.41) is 13.8. The number of hydrogen-bond donors (Lipinski definition) is 1. The van der Waals surface area contributed by atoms with Gasteiger partial charge in [0.05, 0.1) is 4.92 Å². The van der Waals surface area contributed by atoms with Crippen LogP contribution in [0.15, 0.2) is 48.5 Å². The summed E-state index contributed by atoms with van der Waals surface area (Å²) in [4.78, 5) is 22.6. The highest BCUT2D eigenvalue weighted by atomic mass is 19.1. The fourth-order valence-electron chi connectivity index (χ4n) is 2.57. The molecular weight excluding hydrogens is 339 g/mol. The standard InChI is InChI=1S/C19H21FN2O4/c1-3-14(15-7-5-4-6-8-15)12-21-19(23)13(2)26-18-11-16(20)9-10-17(18)22(24)25/h4-11,13-14H,3,12H2,1-2H3,(H,21,23)/t13-,14-/m0/s1. The number of carbonyl (C=O) groups excluding carboxylic acids is 1. The van der Waals surface area contributed by atoms with Gasteiger partial charge in [-0.05, 0) is 25.0 Å². The molecule has 0 radical (unpaired) electrons. The summed E-state index contributed by atoms with van der Waals surface area (Å²) in [7, 11) is 0. The third kappa shape index (κ3) is 5.02. The molecule has 2 aromatic carbocycles. The number of amides is 1. The maximum atomic E-state index is 13.3. The number of nitrogens with zero attached hydrogens (tertiary/aromatic N) is 1. The summed E-state index contributed by atoms with van der Waals surface area (Å²) in [6.07, 6.45) is -0.154. The lowest BCUT2D eigenvalue weighted by atomic mass is 9.96. The molecule has 0 saturated carbocycles. The van der Waals surface area contributed by atoms with Crippen molar-refractivity contribution < 1.29 is 18.8 Å². The van der Waals surface area contributed by atoms with Gasteiger partial charge >= 0.3 is 5.69 Å². The largest absolute Gasteiger partial charge is 0.474 e. The minimum Gasteiger partial charge on any atom is -0.474 e. The molecule has 26 heavy (non-hydrogen) atoms. The van der Waals surface area contributed by atoms with E-state index in [1.54, 1.807) is 0 Å². The van der Waals surface area contributed by atoms with E-state index in [9.17, 15) is 19.3 Å². The number of nitrogens with one attached hydrogen (secondary N) is 1. The molecule has 0 unspecified atom stereocenters. The van der Waals surface area contributed by atoms with Crippen molar-refractivity contribution in [3.8, 4) is 5.75 Å².